The first-order chi connectivity index (χ1) is 26.5. The molecule has 1 aliphatic carbocycles. The highest BCUT2D eigenvalue weighted by molar-refractivity contribution is 6.09. The first-order valence-corrected chi connectivity index (χ1v) is 18.5. The molecule has 0 spiro atoms. The van der Waals surface area contributed by atoms with Crippen molar-refractivity contribution in [2.45, 2.75) is 19.3 Å². The zero-order valence-corrected chi connectivity index (χ0v) is 30.1. The van der Waals surface area contributed by atoms with Gasteiger partial charge in [-0.25, -0.2) is 15.0 Å². The smallest absolute Gasteiger partial charge is 0.164 e. The highest BCUT2D eigenvalue weighted by Crippen LogP contribution is 2.53. The van der Waals surface area contributed by atoms with Crippen LogP contribution in [0.1, 0.15) is 25.0 Å². The molecule has 256 valence electrons. The molecule has 0 aliphatic heterocycles. The minimum absolute atomic E-state index is 0.191. The maximum absolute atomic E-state index is 4.96. The van der Waals surface area contributed by atoms with Gasteiger partial charge < -0.3 is 4.57 Å². The molecule has 0 unspecified atom stereocenters. The molecule has 7 aromatic carbocycles. The van der Waals surface area contributed by atoms with Crippen LogP contribution < -0.4 is 0 Å². The van der Waals surface area contributed by atoms with Gasteiger partial charge in [-0.2, -0.15) is 0 Å². The Balaban J connectivity index is 1.15. The Bertz CT molecular complexity index is 2760. The van der Waals surface area contributed by atoms with Crippen molar-refractivity contribution in [1.82, 2.24) is 19.5 Å². The predicted octanol–water partition coefficient (Wildman–Crippen LogP) is 12.5. The molecule has 0 amide bonds. The first-order valence-electron chi connectivity index (χ1n) is 18.5. The fraction of sp³-hybridized carbons (Fsp3) is 0.0600. The summed E-state index contributed by atoms with van der Waals surface area (Å²) in [4.78, 5) is 14.8. The summed E-state index contributed by atoms with van der Waals surface area (Å²) in [7, 11) is 0. The molecule has 0 bridgehead atoms. The second-order valence-corrected chi connectivity index (χ2v) is 14.5. The fourth-order valence-corrected chi connectivity index (χ4v) is 8.22. The van der Waals surface area contributed by atoms with Gasteiger partial charge in [-0.15, -0.1) is 0 Å². The van der Waals surface area contributed by atoms with Crippen molar-refractivity contribution in [1.29, 1.82) is 0 Å². The Morgan fingerprint density at radius 2 is 0.852 bits per heavy atom. The second-order valence-electron chi connectivity index (χ2n) is 14.5. The fourth-order valence-electron chi connectivity index (χ4n) is 8.22. The Labute approximate surface area is 315 Å². The molecule has 0 N–H and O–H groups in total. The Kier molecular flexibility index (Phi) is 7.44. The first kappa shape index (κ1) is 31.8. The van der Waals surface area contributed by atoms with Gasteiger partial charge in [-0.3, -0.25) is 0 Å². The minimum Gasteiger partial charge on any atom is -0.309 e. The Morgan fingerprint density at radius 3 is 1.44 bits per heavy atom. The summed E-state index contributed by atoms with van der Waals surface area (Å²) < 4.78 is 2.46. The third-order valence-corrected chi connectivity index (χ3v) is 10.9. The van der Waals surface area contributed by atoms with Crippen LogP contribution in [0, 0.1) is 0 Å². The number of benzene rings is 7. The van der Waals surface area contributed by atoms with Crippen molar-refractivity contribution in [2.75, 3.05) is 0 Å². The average molecular weight is 693 g/mol. The maximum Gasteiger partial charge on any atom is 0.164 e. The van der Waals surface area contributed by atoms with Gasteiger partial charge in [-0.05, 0) is 52.1 Å². The Morgan fingerprint density at radius 1 is 0.407 bits per heavy atom. The topological polar surface area (TPSA) is 43.6 Å². The standard InChI is InChI=1S/C50H36N4/c1-50(2)42-24-14-12-22-39(42)45-41-32-37(30-31-44(41)54(38-20-10-5-11-21-38)46(45)40-23-13-15-25-43(40)50)33-26-28-36(29-27-33)49-52-47(34-16-6-3-7-17-34)51-48(53-49)35-18-8-4-9-19-35/h3-32H,1-2H3. The summed E-state index contributed by atoms with van der Waals surface area (Å²) in [5.41, 5.74) is 15.0. The van der Waals surface area contributed by atoms with E-state index in [-0.39, 0.29) is 5.41 Å². The van der Waals surface area contributed by atoms with E-state index in [9.17, 15) is 0 Å². The largest absolute Gasteiger partial charge is 0.309 e. The molecule has 2 aromatic heterocycles. The third kappa shape index (κ3) is 5.18. The van der Waals surface area contributed by atoms with Crippen LogP contribution in [0.2, 0.25) is 0 Å². The summed E-state index contributed by atoms with van der Waals surface area (Å²) in [6, 6.07) is 64.4. The Hall–Kier alpha value is -6.91. The van der Waals surface area contributed by atoms with E-state index in [4.69, 9.17) is 15.0 Å². The molecular formula is C50H36N4. The zero-order valence-electron chi connectivity index (χ0n) is 30.1. The molecule has 0 fully saturated rings. The summed E-state index contributed by atoms with van der Waals surface area (Å²) in [6.45, 7) is 4.72. The molecule has 2 heterocycles. The van der Waals surface area contributed by atoms with E-state index in [1.165, 1.54) is 44.4 Å². The van der Waals surface area contributed by atoms with Gasteiger partial charge in [0.25, 0.3) is 0 Å². The van der Waals surface area contributed by atoms with E-state index in [1.807, 2.05) is 60.7 Å². The number of hydrogen-bond acceptors (Lipinski definition) is 3. The normalized spacial score (nSPS) is 12.8. The van der Waals surface area contributed by atoms with Crippen molar-refractivity contribution in [2.24, 2.45) is 0 Å². The number of hydrogen-bond donors (Lipinski definition) is 0. The van der Waals surface area contributed by atoms with E-state index >= 15 is 0 Å². The van der Waals surface area contributed by atoms with Crippen molar-refractivity contribution in [3.8, 4) is 73.4 Å². The maximum atomic E-state index is 4.96. The van der Waals surface area contributed by atoms with Crippen LogP contribution >= 0.6 is 0 Å². The van der Waals surface area contributed by atoms with E-state index in [2.05, 4.69) is 140 Å². The van der Waals surface area contributed by atoms with Crippen molar-refractivity contribution in [3.63, 3.8) is 0 Å². The lowest BCUT2D eigenvalue weighted by atomic mass is 9.75. The molecule has 0 radical (unpaired) electrons. The number of nitrogens with zero attached hydrogens (tertiary/aromatic N) is 4. The molecule has 0 atom stereocenters. The van der Waals surface area contributed by atoms with Gasteiger partial charge >= 0.3 is 0 Å². The number of fused-ring (bicyclic) bond motifs is 7. The average Bonchev–Trinajstić information content (AvgIpc) is 3.55. The number of para-hydroxylation sites is 1. The lowest BCUT2D eigenvalue weighted by molar-refractivity contribution is 0.646. The molecule has 54 heavy (non-hydrogen) atoms. The van der Waals surface area contributed by atoms with Crippen LogP contribution in [0.25, 0.3) is 84.3 Å². The van der Waals surface area contributed by atoms with E-state index in [0.717, 1.165) is 33.5 Å². The molecule has 4 nitrogen and oxygen atoms in total. The monoisotopic (exact) mass is 692 g/mol. The minimum atomic E-state index is -0.191. The van der Waals surface area contributed by atoms with Gasteiger partial charge in [0.05, 0.1) is 11.2 Å². The molecule has 0 saturated heterocycles. The lowest BCUT2D eigenvalue weighted by Crippen LogP contribution is -2.20. The molecule has 0 saturated carbocycles. The van der Waals surface area contributed by atoms with Crippen LogP contribution in [0.5, 0.6) is 0 Å². The van der Waals surface area contributed by atoms with Gasteiger partial charge in [0.1, 0.15) is 0 Å². The van der Waals surface area contributed by atoms with Crippen LogP contribution in [0.3, 0.4) is 0 Å². The number of aromatic nitrogens is 4. The van der Waals surface area contributed by atoms with Crippen LogP contribution in [-0.2, 0) is 5.41 Å². The van der Waals surface area contributed by atoms with Crippen LogP contribution in [0.4, 0.5) is 0 Å². The summed E-state index contributed by atoms with van der Waals surface area (Å²) in [5.74, 6) is 1.96. The second kappa shape index (κ2) is 12.6. The van der Waals surface area contributed by atoms with Crippen molar-refractivity contribution in [3.05, 3.63) is 193 Å². The molecule has 10 rings (SSSR count). The van der Waals surface area contributed by atoms with Gasteiger partial charge in [0.2, 0.25) is 0 Å². The highest BCUT2D eigenvalue weighted by Gasteiger charge is 2.36. The SMILES string of the molecule is CC1(C)c2ccccc2-c2c(n(-c3ccccc3)c3ccc(-c4ccc(-c5nc(-c6ccccc6)nc(-c6ccccc6)n5)cc4)cc23)-c2ccccc21. The van der Waals surface area contributed by atoms with Crippen molar-refractivity contribution < 1.29 is 0 Å². The summed E-state index contributed by atoms with van der Waals surface area (Å²) in [5, 5.41) is 1.23. The van der Waals surface area contributed by atoms with Gasteiger partial charge in [0.15, 0.2) is 17.5 Å². The van der Waals surface area contributed by atoms with Crippen LogP contribution in [0.15, 0.2) is 182 Å². The highest BCUT2D eigenvalue weighted by atomic mass is 15.0. The van der Waals surface area contributed by atoms with Crippen molar-refractivity contribution >= 4 is 10.9 Å². The van der Waals surface area contributed by atoms with Gasteiger partial charge in [0, 0.05) is 44.3 Å². The molecule has 4 heteroatoms. The molecular weight excluding hydrogens is 657 g/mol. The van der Waals surface area contributed by atoms with E-state index < -0.39 is 0 Å². The quantitative estimate of drug-likeness (QED) is 0.180. The zero-order chi connectivity index (χ0) is 36.2. The predicted molar refractivity (Wildman–Crippen MR) is 221 cm³/mol. The third-order valence-electron chi connectivity index (χ3n) is 10.9. The molecule has 1 aliphatic rings. The van der Waals surface area contributed by atoms with Gasteiger partial charge in [-0.1, -0.05) is 172 Å². The van der Waals surface area contributed by atoms with E-state index in [1.54, 1.807) is 0 Å². The number of rotatable bonds is 5. The van der Waals surface area contributed by atoms with Crippen LogP contribution in [-0.4, -0.2) is 19.5 Å². The summed E-state index contributed by atoms with van der Waals surface area (Å²) in [6.07, 6.45) is 0. The van der Waals surface area contributed by atoms with E-state index in [0.29, 0.717) is 17.5 Å². The lowest BCUT2D eigenvalue weighted by Gasteiger charge is -2.28. The molecule has 9 aromatic rings. The summed E-state index contributed by atoms with van der Waals surface area (Å²) >= 11 is 0.